The Bertz CT molecular complexity index is 493. The number of anilines is 1. The molecule has 7 nitrogen and oxygen atoms in total. The SMILES string of the molecule is COC1CN(CCc2ccc(NC(=O)OC(C)(C)C)nn2)C1. The Kier molecular flexibility index (Phi) is 5.31. The number of nitrogens with zero attached hydrogens (tertiary/aromatic N) is 3. The van der Waals surface area contributed by atoms with Crippen molar-refractivity contribution >= 4 is 11.9 Å². The molecule has 2 rings (SSSR count). The van der Waals surface area contributed by atoms with E-state index in [4.69, 9.17) is 9.47 Å². The topological polar surface area (TPSA) is 76.6 Å². The van der Waals surface area contributed by atoms with Gasteiger partial charge in [0.2, 0.25) is 0 Å². The minimum Gasteiger partial charge on any atom is -0.444 e. The molecule has 1 saturated heterocycles. The minimum absolute atomic E-state index is 0.367. The van der Waals surface area contributed by atoms with Crippen LogP contribution in [-0.2, 0) is 15.9 Å². The summed E-state index contributed by atoms with van der Waals surface area (Å²) in [6, 6.07) is 3.60. The number of hydrogen-bond donors (Lipinski definition) is 1. The highest BCUT2D eigenvalue weighted by Gasteiger charge is 2.25. The van der Waals surface area contributed by atoms with Crippen molar-refractivity contribution in [2.75, 3.05) is 32.1 Å². The summed E-state index contributed by atoms with van der Waals surface area (Å²) >= 11 is 0. The smallest absolute Gasteiger partial charge is 0.413 e. The Morgan fingerprint density at radius 1 is 1.36 bits per heavy atom. The van der Waals surface area contributed by atoms with E-state index in [1.165, 1.54) is 0 Å². The maximum atomic E-state index is 11.6. The average Bonchev–Trinajstić information content (AvgIpc) is 2.37. The zero-order chi connectivity index (χ0) is 16.2. The third kappa shape index (κ3) is 5.23. The standard InChI is InChI=1S/C15H24N4O3/c1-15(2,3)22-14(20)16-13-6-5-11(17-18-13)7-8-19-9-12(10-19)21-4/h5-6,12H,7-10H2,1-4H3,(H,16,18,20). The summed E-state index contributed by atoms with van der Waals surface area (Å²) in [6.45, 7) is 8.32. The fraction of sp³-hybridized carbons (Fsp3) is 0.667. The lowest BCUT2D eigenvalue weighted by molar-refractivity contribution is -0.0285. The van der Waals surface area contributed by atoms with E-state index >= 15 is 0 Å². The molecule has 0 saturated carbocycles. The maximum Gasteiger partial charge on any atom is 0.413 e. The van der Waals surface area contributed by atoms with Gasteiger partial charge in [-0.25, -0.2) is 4.79 Å². The Balaban J connectivity index is 1.74. The molecule has 0 aliphatic carbocycles. The van der Waals surface area contributed by atoms with Crippen molar-refractivity contribution in [3.8, 4) is 0 Å². The van der Waals surface area contributed by atoms with Crippen molar-refractivity contribution in [3.05, 3.63) is 17.8 Å². The van der Waals surface area contributed by atoms with Gasteiger partial charge in [-0.1, -0.05) is 0 Å². The highest BCUT2D eigenvalue weighted by atomic mass is 16.6. The predicted octanol–water partition coefficient (Wildman–Crippen LogP) is 1.70. The molecule has 1 fully saturated rings. The van der Waals surface area contributed by atoms with E-state index in [2.05, 4.69) is 20.4 Å². The van der Waals surface area contributed by atoms with Crippen molar-refractivity contribution in [2.24, 2.45) is 0 Å². The van der Waals surface area contributed by atoms with Crippen molar-refractivity contribution in [1.29, 1.82) is 0 Å². The number of aromatic nitrogens is 2. The van der Waals surface area contributed by atoms with Crippen LogP contribution in [0.15, 0.2) is 12.1 Å². The zero-order valence-electron chi connectivity index (χ0n) is 13.6. The number of ether oxygens (including phenoxy) is 2. The quantitative estimate of drug-likeness (QED) is 0.892. The molecule has 122 valence electrons. The van der Waals surface area contributed by atoms with Crippen molar-refractivity contribution < 1.29 is 14.3 Å². The van der Waals surface area contributed by atoms with Gasteiger partial charge >= 0.3 is 6.09 Å². The van der Waals surface area contributed by atoms with Crippen LogP contribution in [0.3, 0.4) is 0 Å². The summed E-state index contributed by atoms with van der Waals surface area (Å²) in [6.07, 6.45) is 0.670. The van der Waals surface area contributed by atoms with Gasteiger partial charge in [0.05, 0.1) is 11.8 Å². The number of hydrogen-bond acceptors (Lipinski definition) is 6. The Morgan fingerprint density at radius 2 is 2.09 bits per heavy atom. The fourth-order valence-electron chi connectivity index (χ4n) is 2.09. The van der Waals surface area contributed by atoms with Crippen LogP contribution >= 0.6 is 0 Å². The van der Waals surface area contributed by atoms with Crippen molar-refractivity contribution in [1.82, 2.24) is 15.1 Å². The summed E-state index contributed by atoms with van der Waals surface area (Å²) < 4.78 is 10.4. The predicted molar refractivity (Wildman–Crippen MR) is 82.8 cm³/mol. The van der Waals surface area contributed by atoms with Crippen LogP contribution in [0.25, 0.3) is 0 Å². The second kappa shape index (κ2) is 7.02. The summed E-state index contributed by atoms with van der Waals surface area (Å²) in [4.78, 5) is 13.9. The highest BCUT2D eigenvalue weighted by Crippen LogP contribution is 2.12. The Morgan fingerprint density at radius 3 is 2.64 bits per heavy atom. The molecule has 1 aromatic rings. The monoisotopic (exact) mass is 308 g/mol. The molecule has 22 heavy (non-hydrogen) atoms. The van der Waals surface area contributed by atoms with Crippen LogP contribution in [0.5, 0.6) is 0 Å². The summed E-state index contributed by atoms with van der Waals surface area (Å²) in [5, 5.41) is 10.7. The molecule has 0 spiro atoms. The third-order valence-corrected chi connectivity index (χ3v) is 3.29. The Labute approximate surface area is 131 Å². The largest absolute Gasteiger partial charge is 0.444 e. The van der Waals surface area contributed by atoms with Gasteiger partial charge in [-0.3, -0.25) is 10.2 Å². The lowest BCUT2D eigenvalue weighted by atomic mass is 10.1. The van der Waals surface area contributed by atoms with Gasteiger partial charge in [0, 0.05) is 33.2 Å². The van der Waals surface area contributed by atoms with E-state index in [9.17, 15) is 4.79 Å². The first kappa shape index (κ1) is 16.6. The van der Waals surface area contributed by atoms with Gasteiger partial charge in [0.25, 0.3) is 0 Å². The summed E-state index contributed by atoms with van der Waals surface area (Å²) in [7, 11) is 1.74. The zero-order valence-corrected chi connectivity index (χ0v) is 13.6. The molecule has 7 heteroatoms. The molecule has 1 aromatic heterocycles. The molecule has 1 N–H and O–H groups in total. The van der Waals surface area contributed by atoms with E-state index in [0.717, 1.165) is 31.7 Å². The van der Waals surface area contributed by atoms with Gasteiger partial charge in [-0.15, -0.1) is 5.10 Å². The Hall–Kier alpha value is -1.73. The molecule has 1 amide bonds. The van der Waals surface area contributed by atoms with Gasteiger partial charge in [0.1, 0.15) is 5.60 Å². The third-order valence-electron chi connectivity index (χ3n) is 3.29. The number of likely N-dealkylation sites (tertiary alicyclic amines) is 1. The number of carbonyl (C=O) groups excluding carboxylic acids is 1. The first-order valence-corrected chi connectivity index (χ1v) is 7.43. The average molecular weight is 308 g/mol. The molecule has 1 aliphatic heterocycles. The first-order valence-electron chi connectivity index (χ1n) is 7.43. The molecule has 0 bridgehead atoms. The molecule has 1 aliphatic rings. The maximum absolute atomic E-state index is 11.6. The molecule has 2 heterocycles. The molecule has 0 aromatic carbocycles. The molecule has 0 unspecified atom stereocenters. The second-order valence-corrected chi connectivity index (χ2v) is 6.40. The lowest BCUT2D eigenvalue weighted by Gasteiger charge is -2.37. The van der Waals surface area contributed by atoms with E-state index in [-0.39, 0.29) is 0 Å². The van der Waals surface area contributed by atoms with Gasteiger partial charge in [0.15, 0.2) is 5.82 Å². The van der Waals surface area contributed by atoms with Crippen LogP contribution in [0.4, 0.5) is 10.6 Å². The van der Waals surface area contributed by atoms with E-state index in [0.29, 0.717) is 11.9 Å². The van der Waals surface area contributed by atoms with E-state index in [1.54, 1.807) is 13.2 Å². The number of amides is 1. The fourth-order valence-corrected chi connectivity index (χ4v) is 2.09. The van der Waals surface area contributed by atoms with Gasteiger partial charge < -0.3 is 9.47 Å². The minimum atomic E-state index is -0.533. The summed E-state index contributed by atoms with van der Waals surface area (Å²) in [5.74, 6) is 0.390. The number of methoxy groups -OCH3 is 1. The lowest BCUT2D eigenvalue weighted by Crippen LogP contribution is -2.52. The van der Waals surface area contributed by atoms with E-state index in [1.807, 2.05) is 26.8 Å². The van der Waals surface area contributed by atoms with Crippen LogP contribution in [-0.4, -0.2) is 59.6 Å². The van der Waals surface area contributed by atoms with Crippen molar-refractivity contribution in [3.63, 3.8) is 0 Å². The highest BCUT2D eigenvalue weighted by molar-refractivity contribution is 5.83. The van der Waals surface area contributed by atoms with Crippen molar-refractivity contribution in [2.45, 2.75) is 38.9 Å². The number of carbonyl (C=O) groups is 1. The molecular weight excluding hydrogens is 284 g/mol. The number of nitrogens with one attached hydrogen (secondary N) is 1. The van der Waals surface area contributed by atoms with Crippen LogP contribution < -0.4 is 5.32 Å². The van der Waals surface area contributed by atoms with Crippen LogP contribution in [0.2, 0.25) is 0 Å². The number of rotatable bonds is 5. The molecule has 0 atom stereocenters. The molecule has 0 radical (unpaired) electrons. The second-order valence-electron chi connectivity index (χ2n) is 6.40. The first-order chi connectivity index (χ1) is 10.4. The summed E-state index contributed by atoms with van der Waals surface area (Å²) in [5.41, 5.74) is 0.366. The normalized spacial score (nSPS) is 16.2. The van der Waals surface area contributed by atoms with Gasteiger partial charge in [-0.2, -0.15) is 5.10 Å². The van der Waals surface area contributed by atoms with E-state index < -0.39 is 11.7 Å². The van der Waals surface area contributed by atoms with Crippen LogP contribution in [0, 0.1) is 0 Å². The van der Waals surface area contributed by atoms with Gasteiger partial charge in [-0.05, 0) is 32.9 Å². The molecular formula is C15H24N4O3. The van der Waals surface area contributed by atoms with Crippen LogP contribution in [0.1, 0.15) is 26.5 Å².